The highest BCUT2D eigenvalue weighted by atomic mass is 79.9. The Labute approximate surface area is 135 Å². The molecule has 1 saturated carbocycles. The molecule has 0 radical (unpaired) electrons. The summed E-state index contributed by atoms with van der Waals surface area (Å²) in [4.78, 5) is 2.85. The molecular formula is C16H26BrNOS. The zero-order chi connectivity index (χ0) is 14.5. The maximum atomic E-state index is 5.68. The zero-order valence-corrected chi connectivity index (χ0v) is 15.1. The van der Waals surface area contributed by atoms with E-state index >= 15 is 0 Å². The van der Waals surface area contributed by atoms with Crippen molar-refractivity contribution >= 4 is 27.3 Å². The normalized spacial score (nSPS) is 23.6. The fourth-order valence-corrected chi connectivity index (χ4v) is 4.93. The van der Waals surface area contributed by atoms with E-state index in [1.54, 1.807) is 0 Å². The standard InChI is InChI=1S/C16H26BrNOS/c1-4-6-18-15(16-14(17)7-11(3)20-16)10-12-8-13(9-12)19-5-2/h7,12-13,15,18H,4-6,8-10H2,1-3H3. The molecule has 1 fully saturated rings. The van der Waals surface area contributed by atoms with Crippen LogP contribution in [0, 0.1) is 12.8 Å². The SMILES string of the molecule is CCCNC(CC1CC(OCC)C1)c1sc(C)cc1Br. The maximum Gasteiger partial charge on any atom is 0.0580 e. The van der Waals surface area contributed by atoms with Crippen LogP contribution >= 0.6 is 27.3 Å². The molecule has 1 atom stereocenters. The highest BCUT2D eigenvalue weighted by molar-refractivity contribution is 9.10. The van der Waals surface area contributed by atoms with Gasteiger partial charge in [-0.2, -0.15) is 0 Å². The second-order valence-corrected chi connectivity index (χ2v) is 7.87. The number of halogens is 1. The lowest BCUT2D eigenvalue weighted by Gasteiger charge is -2.37. The molecule has 1 heterocycles. The third kappa shape index (κ3) is 4.30. The summed E-state index contributed by atoms with van der Waals surface area (Å²) in [5, 5.41) is 3.73. The second-order valence-electron chi connectivity index (χ2n) is 5.73. The van der Waals surface area contributed by atoms with Crippen molar-refractivity contribution in [3.8, 4) is 0 Å². The predicted molar refractivity (Wildman–Crippen MR) is 90.5 cm³/mol. The predicted octanol–water partition coefficient (Wildman–Crippen LogP) is 5.06. The largest absolute Gasteiger partial charge is 0.378 e. The molecule has 1 unspecified atom stereocenters. The molecule has 1 aliphatic carbocycles. The van der Waals surface area contributed by atoms with E-state index in [1.807, 2.05) is 11.3 Å². The van der Waals surface area contributed by atoms with Gasteiger partial charge in [0.25, 0.3) is 0 Å². The number of aryl methyl sites for hydroxylation is 1. The van der Waals surface area contributed by atoms with Gasteiger partial charge in [0.15, 0.2) is 0 Å². The first-order chi connectivity index (χ1) is 9.63. The van der Waals surface area contributed by atoms with Gasteiger partial charge in [0.05, 0.1) is 6.10 Å². The van der Waals surface area contributed by atoms with Crippen molar-refractivity contribution in [2.24, 2.45) is 5.92 Å². The third-order valence-electron chi connectivity index (χ3n) is 3.96. The molecule has 1 aliphatic rings. The molecule has 2 rings (SSSR count). The molecule has 1 N–H and O–H groups in total. The van der Waals surface area contributed by atoms with Crippen LogP contribution in [-0.4, -0.2) is 19.3 Å². The number of thiophene rings is 1. The maximum absolute atomic E-state index is 5.68. The monoisotopic (exact) mass is 359 g/mol. The first kappa shape index (κ1) is 16.5. The molecule has 1 aromatic heterocycles. The van der Waals surface area contributed by atoms with E-state index < -0.39 is 0 Å². The highest BCUT2D eigenvalue weighted by Crippen LogP contribution is 2.40. The summed E-state index contributed by atoms with van der Waals surface area (Å²) in [7, 11) is 0. The minimum Gasteiger partial charge on any atom is -0.378 e. The number of hydrogen-bond acceptors (Lipinski definition) is 3. The second kappa shape index (κ2) is 7.92. The van der Waals surface area contributed by atoms with Gasteiger partial charge >= 0.3 is 0 Å². The van der Waals surface area contributed by atoms with Crippen molar-refractivity contribution in [3.63, 3.8) is 0 Å². The Morgan fingerprint density at radius 2 is 2.20 bits per heavy atom. The lowest BCUT2D eigenvalue weighted by atomic mass is 9.78. The van der Waals surface area contributed by atoms with Gasteiger partial charge in [0, 0.05) is 26.9 Å². The molecule has 1 aromatic rings. The van der Waals surface area contributed by atoms with E-state index in [1.165, 1.54) is 39.9 Å². The molecule has 0 spiro atoms. The van der Waals surface area contributed by atoms with Gasteiger partial charge in [-0.25, -0.2) is 0 Å². The molecule has 20 heavy (non-hydrogen) atoms. The van der Waals surface area contributed by atoms with Crippen LogP contribution in [0.2, 0.25) is 0 Å². The quantitative estimate of drug-likeness (QED) is 0.699. The van der Waals surface area contributed by atoms with Gasteiger partial charge in [-0.15, -0.1) is 11.3 Å². The molecule has 0 saturated heterocycles. The van der Waals surface area contributed by atoms with Gasteiger partial charge in [-0.1, -0.05) is 6.92 Å². The summed E-state index contributed by atoms with van der Waals surface area (Å²) < 4.78 is 6.95. The molecule has 0 aliphatic heterocycles. The highest BCUT2D eigenvalue weighted by Gasteiger charge is 2.32. The first-order valence-electron chi connectivity index (χ1n) is 7.74. The van der Waals surface area contributed by atoms with Crippen LogP contribution < -0.4 is 5.32 Å². The Kier molecular flexibility index (Phi) is 6.53. The molecule has 4 heteroatoms. The van der Waals surface area contributed by atoms with E-state index in [9.17, 15) is 0 Å². The van der Waals surface area contributed by atoms with Crippen molar-refractivity contribution < 1.29 is 4.74 Å². The van der Waals surface area contributed by atoms with Gasteiger partial charge < -0.3 is 10.1 Å². The van der Waals surface area contributed by atoms with Crippen LogP contribution in [0.25, 0.3) is 0 Å². The van der Waals surface area contributed by atoms with Crippen molar-refractivity contribution in [2.45, 2.75) is 58.6 Å². The lowest BCUT2D eigenvalue weighted by Crippen LogP contribution is -2.34. The number of nitrogens with one attached hydrogen (secondary N) is 1. The van der Waals surface area contributed by atoms with Crippen molar-refractivity contribution in [1.82, 2.24) is 5.32 Å². The van der Waals surface area contributed by atoms with Crippen LogP contribution in [0.3, 0.4) is 0 Å². The van der Waals surface area contributed by atoms with Crippen LogP contribution in [0.15, 0.2) is 10.5 Å². The minimum absolute atomic E-state index is 0.496. The number of rotatable bonds is 8. The van der Waals surface area contributed by atoms with Crippen molar-refractivity contribution in [2.75, 3.05) is 13.2 Å². The summed E-state index contributed by atoms with van der Waals surface area (Å²) in [6, 6.07) is 2.74. The smallest absolute Gasteiger partial charge is 0.0580 e. The summed E-state index contributed by atoms with van der Waals surface area (Å²) in [6.45, 7) is 8.45. The average Bonchev–Trinajstić information content (AvgIpc) is 2.70. The van der Waals surface area contributed by atoms with E-state index in [0.717, 1.165) is 19.1 Å². The first-order valence-corrected chi connectivity index (χ1v) is 9.35. The van der Waals surface area contributed by atoms with Crippen LogP contribution in [0.5, 0.6) is 0 Å². The topological polar surface area (TPSA) is 21.3 Å². The van der Waals surface area contributed by atoms with E-state index in [2.05, 4.69) is 48.1 Å². The molecule has 0 amide bonds. The average molecular weight is 360 g/mol. The Hall–Kier alpha value is 0.100. The van der Waals surface area contributed by atoms with Gasteiger partial charge in [-0.05, 0) is 74.0 Å². The molecule has 0 bridgehead atoms. The number of ether oxygens (including phenoxy) is 1. The van der Waals surface area contributed by atoms with Gasteiger partial charge in [-0.3, -0.25) is 0 Å². The molecule has 2 nitrogen and oxygen atoms in total. The van der Waals surface area contributed by atoms with Crippen molar-refractivity contribution in [3.05, 3.63) is 20.3 Å². The summed E-state index contributed by atoms with van der Waals surface area (Å²) >= 11 is 5.64. The van der Waals surface area contributed by atoms with Crippen LogP contribution in [0.1, 0.15) is 55.3 Å². The Bertz CT molecular complexity index is 415. The third-order valence-corrected chi connectivity index (χ3v) is 6.04. The molecule has 114 valence electrons. The zero-order valence-electron chi connectivity index (χ0n) is 12.7. The minimum atomic E-state index is 0.496. The fourth-order valence-electron chi connectivity index (χ4n) is 2.91. The van der Waals surface area contributed by atoms with E-state index in [0.29, 0.717) is 12.1 Å². The Balaban J connectivity index is 1.93. The number of hydrogen-bond donors (Lipinski definition) is 1. The van der Waals surface area contributed by atoms with E-state index in [-0.39, 0.29) is 0 Å². The van der Waals surface area contributed by atoms with Gasteiger partial charge in [0.2, 0.25) is 0 Å². The summed E-state index contributed by atoms with van der Waals surface area (Å²) in [5.41, 5.74) is 0. The molecular weight excluding hydrogens is 334 g/mol. The van der Waals surface area contributed by atoms with Crippen molar-refractivity contribution in [1.29, 1.82) is 0 Å². The van der Waals surface area contributed by atoms with Crippen LogP contribution in [0.4, 0.5) is 0 Å². The van der Waals surface area contributed by atoms with E-state index in [4.69, 9.17) is 4.74 Å². The lowest BCUT2D eigenvalue weighted by molar-refractivity contribution is -0.0290. The summed E-state index contributed by atoms with van der Waals surface area (Å²) in [5.74, 6) is 0.815. The Morgan fingerprint density at radius 1 is 1.45 bits per heavy atom. The fraction of sp³-hybridized carbons (Fsp3) is 0.750. The van der Waals surface area contributed by atoms with Gasteiger partial charge in [0.1, 0.15) is 0 Å². The van der Waals surface area contributed by atoms with Crippen LogP contribution in [-0.2, 0) is 4.74 Å². The molecule has 0 aromatic carbocycles. The summed E-state index contributed by atoms with van der Waals surface area (Å²) in [6.07, 6.45) is 5.41. The Morgan fingerprint density at radius 3 is 2.75 bits per heavy atom.